The molecule has 0 bridgehead atoms. The lowest BCUT2D eigenvalue weighted by atomic mass is 9.81. The molecule has 143 valence electrons. The van der Waals surface area contributed by atoms with Crippen LogP contribution >= 0.6 is 0 Å². The molecular weight excluding hydrogens is 369 g/mol. The van der Waals surface area contributed by atoms with E-state index in [-0.39, 0.29) is 5.92 Å². The van der Waals surface area contributed by atoms with Crippen LogP contribution in [0.1, 0.15) is 33.7 Å². The fraction of sp³-hybridized carbons (Fsp3) is 0.115. The zero-order valence-electron chi connectivity index (χ0n) is 15.6. The van der Waals surface area contributed by atoms with Gasteiger partial charge in [-0.1, -0.05) is 78.9 Å². The Bertz CT molecular complexity index is 1170. The van der Waals surface area contributed by atoms with Crippen LogP contribution in [-0.4, -0.2) is 0 Å². The van der Waals surface area contributed by atoms with Gasteiger partial charge in [0, 0.05) is 11.8 Å². The van der Waals surface area contributed by atoms with Crippen molar-refractivity contribution in [3.8, 4) is 0 Å². The quantitative estimate of drug-likeness (QED) is 0.342. The van der Waals surface area contributed by atoms with Gasteiger partial charge in [0.2, 0.25) is 0 Å². The number of hydrogen-bond acceptors (Lipinski definition) is 0. The number of fused-ring (bicyclic) bond motifs is 2. The van der Waals surface area contributed by atoms with Crippen LogP contribution in [0.3, 0.4) is 0 Å². The van der Waals surface area contributed by atoms with E-state index in [9.17, 15) is 13.2 Å². The van der Waals surface area contributed by atoms with Crippen molar-refractivity contribution in [1.29, 1.82) is 0 Å². The van der Waals surface area contributed by atoms with Gasteiger partial charge in [-0.2, -0.15) is 13.2 Å². The summed E-state index contributed by atoms with van der Waals surface area (Å²) in [6.45, 7) is 0. The number of benzene rings is 4. The summed E-state index contributed by atoms with van der Waals surface area (Å²) in [5.41, 5.74) is 3.79. The highest BCUT2D eigenvalue weighted by molar-refractivity contribution is 5.83. The molecule has 29 heavy (non-hydrogen) atoms. The second-order valence-corrected chi connectivity index (χ2v) is 7.51. The molecular formula is C26H18F3. The van der Waals surface area contributed by atoms with E-state index < -0.39 is 11.7 Å². The van der Waals surface area contributed by atoms with Gasteiger partial charge in [-0.15, -0.1) is 0 Å². The van der Waals surface area contributed by atoms with Gasteiger partial charge in [-0.05, 0) is 51.6 Å². The van der Waals surface area contributed by atoms with Crippen LogP contribution in [0.25, 0.3) is 10.8 Å². The Morgan fingerprint density at radius 1 is 0.690 bits per heavy atom. The largest absolute Gasteiger partial charge is 0.416 e. The molecule has 1 aliphatic carbocycles. The van der Waals surface area contributed by atoms with Gasteiger partial charge >= 0.3 is 6.18 Å². The summed E-state index contributed by atoms with van der Waals surface area (Å²) in [4.78, 5) is 0. The van der Waals surface area contributed by atoms with Gasteiger partial charge in [0.1, 0.15) is 0 Å². The number of halogens is 3. The Labute approximate surface area is 167 Å². The maximum Gasteiger partial charge on any atom is 0.416 e. The molecule has 1 atom stereocenters. The average Bonchev–Trinajstić information content (AvgIpc) is 3.12. The Morgan fingerprint density at radius 2 is 1.38 bits per heavy atom. The van der Waals surface area contributed by atoms with E-state index in [1.165, 1.54) is 34.0 Å². The van der Waals surface area contributed by atoms with E-state index >= 15 is 0 Å². The van der Waals surface area contributed by atoms with Crippen LogP contribution in [-0.2, 0) is 12.6 Å². The fourth-order valence-corrected chi connectivity index (χ4v) is 4.38. The number of rotatable bonds is 2. The molecule has 0 nitrogen and oxygen atoms in total. The molecule has 0 N–H and O–H groups in total. The summed E-state index contributed by atoms with van der Waals surface area (Å²) in [5, 5.41) is 2.36. The van der Waals surface area contributed by atoms with E-state index in [1.54, 1.807) is 12.1 Å². The minimum atomic E-state index is -4.32. The van der Waals surface area contributed by atoms with Crippen molar-refractivity contribution < 1.29 is 13.2 Å². The molecule has 4 aromatic rings. The third kappa shape index (κ3) is 3.21. The molecule has 4 aromatic carbocycles. The highest BCUT2D eigenvalue weighted by atomic mass is 19.4. The first-order valence-electron chi connectivity index (χ1n) is 9.62. The van der Waals surface area contributed by atoms with Crippen molar-refractivity contribution in [3.63, 3.8) is 0 Å². The topological polar surface area (TPSA) is 0 Å². The highest BCUT2D eigenvalue weighted by Gasteiger charge is 2.36. The third-order valence-electron chi connectivity index (χ3n) is 5.78. The third-order valence-corrected chi connectivity index (χ3v) is 5.78. The van der Waals surface area contributed by atoms with Gasteiger partial charge in [0.25, 0.3) is 0 Å². The van der Waals surface area contributed by atoms with Crippen LogP contribution in [0.5, 0.6) is 0 Å². The Balaban J connectivity index is 1.61. The lowest BCUT2D eigenvalue weighted by molar-refractivity contribution is -0.137. The molecule has 0 amide bonds. The minimum absolute atomic E-state index is 0.119. The van der Waals surface area contributed by atoms with Crippen LogP contribution in [0, 0.1) is 5.92 Å². The molecule has 1 unspecified atom stereocenters. The van der Waals surface area contributed by atoms with Crippen LogP contribution in [0.15, 0.2) is 91.0 Å². The summed E-state index contributed by atoms with van der Waals surface area (Å²) in [6.07, 6.45) is -3.47. The zero-order chi connectivity index (χ0) is 20.0. The van der Waals surface area contributed by atoms with Gasteiger partial charge in [0.05, 0.1) is 5.56 Å². The predicted octanol–water partition coefficient (Wildman–Crippen LogP) is 7.17. The Kier molecular flexibility index (Phi) is 4.20. The summed E-state index contributed by atoms with van der Waals surface area (Å²) < 4.78 is 39.1. The molecule has 0 aromatic heterocycles. The summed E-state index contributed by atoms with van der Waals surface area (Å²) in [5.74, 6) is 1.22. The summed E-state index contributed by atoms with van der Waals surface area (Å²) in [7, 11) is 0. The molecule has 0 saturated heterocycles. The zero-order valence-corrected chi connectivity index (χ0v) is 15.6. The SMILES string of the molecule is FC(F)(F)c1ccc([C]2c3ccccc3CC2c2ccc3ccccc3c2)cc1. The average molecular weight is 387 g/mol. The number of hydrogen-bond donors (Lipinski definition) is 0. The maximum absolute atomic E-state index is 13.0. The van der Waals surface area contributed by atoms with Crippen LogP contribution in [0.4, 0.5) is 13.2 Å². The monoisotopic (exact) mass is 387 g/mol. The van der Waals surface area contributed by atoms with Crippen molar-refractivity contribution in [2.45, 2.75) is 18.5 Å². The van der Waals surface area contributed by atoms with Crippen LogP contribution in [0.2, 0.25) is 0 Å². The molecule has 0 fully saturated rings. The number of alkyl halides is 3. The van der Waals surface area contributed by atoms with E-state index in [0.717, 1.165) is 23.5 Å². The van der Waals surface area contributed by atoms with Gasteiger partial charge in [-0.25, -0.2) is 0 Å². The minimum Gasteiger partial charge on any atom is -0.166 e. The molecule has 1 aliphatic rings. The lowest BCUT2D eigenvalue weighted by Crippen LogP contribution is -2.10. The van der Waals surface area contributed by atoms with Gasteiger partial charge in [0.15, 0.2) is 0 Å². The molecule has 0 saturated carbocycles. The molecule has 1 radical (unpaired) electrons. The Hall–Kier alpha value is -3.07. The normalized spacial score (nSPS) is 16.9. The summed E-state index contributed by atoms with van der Waals surface area (Å²) >= 11 is 0. The van der Waals surface area contributed by atoms with Crippen molar-refractivity contribution in [1.82, 2.24) is 0 Å². The first-order valence-corrected chi connectivity index (χ1v) is 9.62. The van der Waals surface area contributed by atoms with Gasteiger partial charge < -0.3 is 0 Å². The van der Waals surface area contributed by atoms with Gasteiger partial charge in [-0.3, -0.25) is 0 Å². The first-order chi connectivity index (χ1) is 14.0. The van der Waals surface area contributed by atoms with Crippen molar-refractivity contribution in [2.75, 3.05) is 0 Å². The molecule has 5 rings (SSSR count). The molecule has 0 heterocycles. The fourth-order valence-electron chi connectivity index (χ4n) is 4.38. The molecule has 3 heteroatoms. The van der Waals surface area contributed by atoms with E-state index in [0.29, 0.717) is 0 Å². The second-order valence-electron chi connectivity index (χ2n) is 7.51. The van der Waals surface area contributed by atoms with E-state index in [4.69, 9.17) is 0 Å². The highest BCUT2D eigenvalue weighted by Crippen LogP contribution is 2.47. The van der Waals surface area contributed by atoms with Crippen molar-refractivity contribution >= 4 is 10.8 Å². The first kappa shape index (κ1) is 18.0. The van der Waals surface area contributed by atoms with Crippen LogP contribution < -0.4 is 0 Å². The molecule has 0 aliphatic heterocycles. The Morgan fingerprint density at radius 3 is 2.14 bits per heavy atom. The molecule has 0 spiro atoms. The maximum atomic E-state index is 13.0. The second kappa shape index (κ2) is 6.77. The van der Waals surface area contributed by atoms with Crippen molar-refractivity contribution in [2.24, 2.45) is 0 Å². The van der Waals surface area contributed by atoms with Crippen molar-refractivity contribution in [3.05, 3.63) is 125 Å². The van der Waals surface area contributed by atoms with E-state index in [1.807, 2.05) is 24.3 Å². The van der Waals surface area contributed by atoms with E-state index in [2.05, 4.69) is 42.5 Å². The smallest absolute Gasteiger partial charge is 0.166 e. The lowest BCUT2D eigenvalue weighted by Gasteiger charge is -2.22. The predicted molar refractivity (Wildman–Crippen MR) is 110 cm³/mol. The standard InChI is InChI=1S/C26H18F3/c27-26(28,29)22-13-11-18(12-14-22)25-23-8-4-3-7-20(23)16-24(25)21-10-9-17-5-1-2-6-19(17)15-21/h1-15,24H,16H2. The summed E-state index contributed by atoms with van der Waals surface area (Å²) in [6, 6.07) is 28.5.